The van der Waals surface area contributed by atoms with Gasteiger partial charge in [-0.25, -0.2) is 18.2 Å². The van der Waals surface area contributed by atoms with Crippen LogP contribution in [0.5, 0.6) is 17.2 Å². The number of nitrogens with two attached hydrogens (primary N) is 1. The van der Waals surface area contributed by atoms with E-state index in [4.69, 9.17) is 19.9 Å². The third-order valence-corrected chi connectivity index (χ3v) is 7.62. The largest absolute Gasteiger partial charge is 0.493 e. The van der Waals surface area contributed by atoms with E-state index in [2.05, 4.69) is 16.8 Å². The number of methoxy groups -OCH3 is 1. The summed E-state index contributed by atoms with van der Waals surface area (Å²) >= 11 is 0. The molecule has 1 aromatic heterocycles. The number of ketones is 1. The molecule has 2 aromatic carbocycles. The van der Waals surface area contributed by atoms with Gasteiger partial charge in [-0.15, -0.1) is 0 Å². The fraction of sp³-hybridized carbons (Fsp3) is 0.344. The number of hydrogen-bond donors (Lipinski definition) is 2. The number of benzene rings is 2. The van der Waals surface area contributed by atoms with Crippen LogP contribution in [0.25, 0.3) is 0 Å². The number of nitrogens with zero attached hydrogens (tertiary/aromatic N) is 1. The Morgan fingerprint density at radius 2 is 1.84 bits per heavy atom. The van der Waals surface area contributed by atoms with Crippen LogP contribution in [0.3, 0.4) is 0 Å². The molecule has 8 nitrogen and oxygen atoms in total. The molecule has 3 aromatic rings. The summed E-state index contributed by atoms with van der Waals surface area (Å²) in [7, 11) is 1.49. The Kier molecular flexibility index (Phi) is 7.84. The summed E-state index contributed by atoms with van der Waals surface area (Å²) in [5, 5.41) is 11.5. The summed E-state index contributed by atoms with van der Waals surface area (Å²) in [5.41, 5.74) is 3.25. The molecule has 11 heteroatoms. The SMILES string of the molecule is COc1cc(C(=O)CC[C@](C)(O)c2cc3c(c(C#Cc4cc(F)c(F)c(F)c4)n2)OC[C@]3(C)C(N)=O)ccc1OC1CC1. The van der Waals surface area contributed by atoms with E-state index in [1.165, 1.54) is 20.1 Å². The number of hydrogen-bond acceptors (Lipinski definition) is 7. The van der Waals surface area contributed by atoms with Gasteiger partial charge >= 0.3 is 0 Å². The van der Waals surface area contributed by atoms with Crippen molar-refractivity contribution in [2.24, 2.45) is 5.73 Å². The predicted molar refractivity (Wildman–Crippen MR) is 148 cm³/mol. The third-order valence-electron chi connectivity index (χ3n) is 7.62. The fourth-order valence-corrected chi connectivity index (χ4v) is 4.64. The van der Waals surface area contributed by atoms with Crippen molar-refractivity contribution in [1.29, 1.82) is 0 Å². The smallest absolute Gasteiger partial charge is 0.231 e. The zero-order chi connectivity index (χ0) is 31.1. The maximum atomic E-state index is 13.7. The second kappa shape index (κ2) is 11.3. The van der Waals surface area contributed by atoms with Crippen molar-refractivity contribution in [3.63, 3.8) is 0 Å². The van der Waals surface area contributed by atoms with Gasteiger partial charge in [0.05, 0.1) is 18.9 Å². The molecule has 2 atom stereocenters. The summed E-state index contributed by atoms with van der Waals surface area (Å²) in [6, 6.07) is 7.84. The Morgan fingerprint density at radius 3 is 2.47 bits per heavy atom. The van der Waals surface area contributed by atoms with Gasteiger partial charge in [-0.05, 0) is 75.4 Å². The van der Waals surface area contributed by atoms with Gasteiger partial charge in [-0.3, -0.25) is 9.59 Å². The predicted octanol–water partition coefficient (Wildman–Crippen LogP) is 4.45. The highest BCUT2D eigenvalue weighted by Crippen LogP contribution is 2.42. The van der Waals surface area contributed by atoms with Gasteiger partial charge in [0, 0.05) is 23.1 Å². The molecule has 43 heavy (non-hydrogen) atoms. The quantitative estimate of drug-likeness (QED) is 0.213. The van der Waals surface area contributed by atoms with E-state index in [1.54, 1.807) is 25.1 Å². The number of aromatic nitrogens is 1. The summed E-state index contributed by atoms with van der Waals surface area (Å²) in [6.45, 7) is 2.90. The molecule has 5 rings (SSSR count). The average molecular weight is 595 g/mol. The average Bonchev–Trinajstić information content (AvgIpc) is 3.73. The lowest BCUT2D eigenvalue weighted by atomic mass is 9.82. The molecule has 0 unspecified atom stereocenters. The number of fused-ring (bicyclic) bond motifs is 1. The lowest BCUT2D eigenvalue weighted by Crippen LogP contribution is -2.40. The van der Waals surface area contributed by atoms with Crippen LogP contribution < -0.4 is 19.9 Å². The van der Waals surface area contributed by atoms with E-state index >= 15 is 0 Å². The van der Waals surface area contributed by atoms with E-state index in [9.17, 15) is 27.9 Å². The number of pyridine rings is 1. The molecule has 2 aliphatic rings. The minimum absolute atomic E-state index is 0.0368. The van der Waals surface area contributed by atoms with E-state index in [-0.39, 0.29) is 54.0 Å². The first-order valence-corrected chi connectivity index (χ1v) is 13.6. The summed E-state index contributed by atoms with van der Waals surface area (Å²) in [4.78, 5) is 29.9. The van der Waals surface area contributed by atoms with Gasteiger partial charge in [-0.2, -0.15) is 0 Å². The number of Topliss-reactive ketones (excluding diaryl/α,β-unsaturated/α-hetero) is 1. The number of carbonyl (C=O) groups excluding carboxylic acids is 2. The van der Waals surface area contributed by atoms with Gasteiger partial charge < -0.3 is 25.1 Å². The van der Waals surface area contributed by atoms with Crippen LogP contribution in [0.4, 0.5) is 13.2 Å². The lowest BCUT2D eigenvalue weighted by molar-refractivity contribution is -0.123. The molecular formula is C32H29F3N2O6. The Labute approximate surface area is 246 Å². The first-order valence-electron chi connectivity index (χ1n) is 13.6. The molecule has 0 bridgehead atoms. The number of primary amides is 1. The molecule has 1 fully saturated rings. The van der Waals surface area contributed by atoms with Crippen LogP contribution in [0.2, 0.25) is 0 Å². The van der Waals surface area contributed by atoms with Gasteiger partial charge in [0.25, 0.3) is 0 Å². The second-order valence-corrected chi connectivity index (χ2v) is 11.1. The maximum absolute atomic E-state index is 13.7. The normalized spacial score (nSPS) is 18.5. The maximum Gasteiger partial charge on any atom is 0.231 e. The molecule has 0 saturated heterocycles. The summed E-state index contributed by atoms with van der Waals surface area (Å²) in [5.74, 6) is 0.873. The van der Waals surface area contributed by atoms with Gasteiger partial charge in [0.2, 0.25) is 5.91 Å². The second-order valence-electron chi connectivity index (χ2n) is 11.1. The van der Waals surface area contributed by atoms with Crippen LogP contribution >= 0.6 is 0 Å². The fourth-order valence-electron chi connectivity index (χ4n) is 4.64. The van der Waals surface area contributed by atoms with Gasteiger partial charge in [0.15, 0.2) is 46.2 Å². The molecule has 1 saturated carbocycles. The number of aliphatic hydroxyl groups is 1. The Morgan fingerprint density at radius 1 is 1.14 bits per heavy atom. The van der Waals surface area contributed by atoms with Crippen molar-refractivity contribution < 1.29 is 42.1 Å². The molecule has 1 amide bonds. The van der Waals surface area contributed by atoms with Crippen LogP contribution in [0.1, 0.15) is 72.4 Å². The minimum Gasteiger partial charge on any atom is -0.493 e. The van der Waals surface area contributed by atoms with E-state index < -0.39 is 34.4 Å². The van der Waals surface area contributed by atoms with Crippen molar-refractivity contribution >= 4 is 11.7 Å². The number of ether oxygens (including phenoxy) is 3. The van der Waals surface area contributed by atoms with E-state index in [0.29, 0.717) is 22.6 Å². The zero-order valence-corrected chi connectivity index (χ0v) is 23.7. The molecule has 0 radical (unpaired) electrons. The van der Waals surface area contributed by atoms with Gasteiger partial charge in [-0.1, -0.05) is 5.92 Å². The molecule has 1 aliphatic carbocycles. The van der Waals surface area contributed by atoms with Crippen molar-refractivity contribution in [2.75, 3.05) is 13.7 Å². The highest BCUT2D eigenvalue weighted by Gasteiger charge is 2.44. The molecule has 0 spiro atoms. The van der Waals surface area contributed by atoms with Crippen molar-refractivity contribution in [3.05, 3.63) is 81.9 Å². The van der Waals surface area contributed by atoms with Crippen molar-refractivity contribution in [3.8, 4) is 29.1 Å². The first kappa shape index (κ1) is 29.9. The molecule has 1 aliphatic heterocycles. The van der Waals surface area contributed by atoms with Crippen LogP contribution in [-0.4, -0.2) is 41.6 Å². The van der Waals surface area contributed by atoms with Crippen LogP contribution in [0.15, 0.2) is 36.4 Å². The summed E-state index contributed by atoms with van der Waals surface area (Å²) in [6.07, 6.45) is 1.96. The number of halogens is 3. The zero-order valence-electron chi connectivity index (χ0n) is 23.7. The van der Waals surface area contributed by atoms with E-state index in [0.717, 1.165) is 25.0 Å². The lowest BCUT2D eigenvalue weighted by Gasteiger charge is -2.25. The van der Waals surface area contributed by atoms with Gasteiger partial charge in [0.1, 0.15) is 17.6 Å². The number of carbonyl (C=O) groups is 2. The number of amides is 1. The topological polar surface area (TPSA) is 121 Å². The standard InChI is InChI=1S/C32H29F3N2O6/c1-31(30(36)39)16-42-29-20(31)15-27(37-23(29)8-4-17-12-21(33)28(35)22(34)13-17)32(2,40)11-10-24(38)18-5-9-25(26(14-18)41-3)43-19-6-7-19/h5,9,12-15,19,40H,6-7,10-11,16H2,1-3H3,(H2,36,39)/t31-,32-/m0/s1. The minimum atomic E-state index is -1.69. The third kappa shape index (κ3) is 6.01. The molecule has 3 N–H and O–H groups in total. The van der Waals surface area contributed by atoms with Crippen molar-refractivity contribution in [2.45, 2.75) is 56.7 Å². The van der Waals surface area contributed by atoms with Crippen molar-refractivity contribution in [1.82, 2.24) is 4.98 Å². The summed E-state index contributed by atoms with van der Waals surface area (Å²) < 4.78 is 57.8. The Hall–Kier alpha value is -4.56. The van der Waals surface area contributed by atoms with Crippen LogP contribution in [0, 0.1) is 29.3 Å². The Bertz CT molecular complexity index is 1670. The first-order chi connectivity index (χ1) is 20.3. The Balaban J connectivity index is 1.44. The molecule has 2 heterocycles. The monoisotopic (exact) mass is 594 g/mol. The highest BCUT2D eigenvalue weighted by molar-refractivity contribution is 5.96. The molecular weight excluding hydrogens is 565 g/mol. The molecule has 224 valence electrons. The highest BCUT2D eigenvalue weighted by atomic mass is 19.2. The number of rotatable bonds is 9. The van der Waals surface area contributed by atoms with Crippen LogP contribution in [-0.2, 0) is 15.8 Å². The van der Waals surface area contributed by atoms with E-state index in [1.807, 2.05) is 0 Å².